The molecule has 0 unspecified atom stereocenters. The van der Waals surface area contributed by atoms with Crippen molar-refractivity contribution in [1.29, 1.82) is 0 Å². The number of nitrogens with zero attached hydrogens (tertiary/aromatic N) is 2. The number of hydrogen-bond acceptors (Lipinski definition) is 4. The smallest absolute Gasteiger partial charge is 0.211 e. The average Bonchev–Trinajstić information content (AvgIpc) is 2.79. The maximum absolute atomic E-state index is 12.5. The first-order valence-electron chi connectivity index (χ1n) is 7.01. The fourth-order valence-electron chi connectivity index (χ4n) is 2.16. The summed E-state index contributed by atoms with van der Waals surface area (Å²) in [5, 5.41) is 4.20. The van der Waals surface area contributed by atoms with Crippen molar-refractivity contribution in [2.75, 3.05) is 13.2 Å². The van der Waals surface area contributed by atoms with Gasteiger partial charge in [0.15, 0.2) is 11.5 Å². The van der Waals surface area contributed by atoms with Crippen LogP contribution in [0.3, 0.4) is 0 Å². The number of benzene rings is 1. The van der Waals surface area contributed by atoms with E-state index in [4.69, 9.17) is 9.47 Å². The number of carbonyl (C=O) groups is 1. The van der Waals surface area contributed by atoms with Gasteiger partial charge in [-0.2, -0.15) is 5.10 Å². The molecule has 0 bridgehead atoms. The Morgan fingerprint density at radius 1 is 1.14 bits per heavy atom. The minimum atomic E-state index is -0.0814. The summed E-state index contributed by atoms with van der Waals surface area (Å²) >= 11 is 0. The van der Waals surface area contributed by atoms with Crippen molar-refractivity contribution in [3.8, 4) is 11.5 Å². The van der Waals surface area contributed by atoms with Gasteiger partial charge < -0.3 is 9.47 Å². The highest BCUT2D eigenvalue weighted by atomic mass is 16.5. The summed E-state index contributed by atoms with van der Waals surface area (Å²) in [6.07, 6.45) is 0. The van der Waals surface area contributed by atoms with Gasteiger partial charge in [0.1, 0.15) is 5.69 Å². The predicted molar refractivity (Wildman–Crippen MR) is 80.2 cm³/mol. The van der Waals surface area contributed by atoms with E-state index in [2.05, 4.69) is 5.10 Å². The molecule has 0 aliphatic heterocycles. The molecule has 2 rings (SSSR count). The number of hydrogen-bond donors (Lipinski definition) is 0. The first-order valence-corrected chi connectivity index (χ1v) is 7.01. The molecule has 112 valence electrons. The van der Waals surface area contributed by atoms with Crippen molar-refractivity contribution < 1.29 is 14.3 Å². The average molecular weight is 288 g/mol. The molecule has 1 aromatic carbocycles. The summed E-state index contributed by atoms with van der Waals surface area (Å²) in [7, 11) is 1.76. The molecule has 21 heavy (non-hydrogen) atoms. The number of ether oxygens (including phenoxy) is 2. The molecule has 0 N–H and O–H groups in total. The van der Waals surface area contributed by atoms with Crippen molar-refractivity contribution in [2.45, 2.75) is 20.8 Å². The van der Waals surface area contributed by atoms with E-state index in [-0.39, 0.29) is 5.78 Å². The second-order valence-corrected chi connectivity index (χ2v) is 4.65. The molecule has 0 fully saturated rings. The molecular formula is C16H20N2O3. The third-order valence-corrected chi connectivity index (χ3v) is 3.04. The van der Waals surface area contributed by atoms with Crippen LogP contribution in [0.15, 0.2) is 24.3 Å². The Labute approximate surface area is 124 Å². The van der Waals surface area contributed by atoms with Crippen LogP contribution in [0.1, 0.15) is 35.6 Å². The van der Waals surface area contributed by atoms with E-state index in [1.165, 1.54) is 0 Å². The van der Waals surface area contributed by atoms with Gasteiger partial charge in [0.25, 0.3) is 0 Å². The monoisotopic (exact) mass is 288 g/mol. The van der Waals surface area contributed by atoms with Crippen LogP contribution in [0, 0.1) is 6.92 Å². The number of rotatable bonds is 6. The van der Waals surface area contributed by atoms with Crippen LogP contribution >= 0.6 is 0 Å². The molecule has 5 nitrogen and oxygen atoms in total. The molecule has 0 aliphatic carbocycles. The molecule has 0 amide bonds. The topological polar surface area (TPSA) is 53.3 Å². The Morgan fingerprint density at radius 3 is 2.38 bits per heavy atom. The van der Waals surface area contributed by atoms with Gasteiger partial charge >= 0.3 is 0 Å². The SMILES string of the molecule is CCOc1ccc(C(=O)c2cc(C)nn2C)cc1OCC. The van der Waals surface area contributed by atoms with Gasteiger partial charge in [-0.15, -0.1) is 0 Å². The van der Waals surface area contributed by atoms with E-state index in [1.807, 2.05) is 20.8 Å². The lowest BCUT2D eigenvalue weighted by atomic mass is 10.1. The van der Waals surface area contributed by atoms with Crippen LogP contribution < -0.4 is 9.47 Å². The molecule has 5 heteroatoms. The zero-order valence-electron chi connectivity index (χ0n) is 12.8. The second kappa shape index (κ2) is 6.43. The number of ketones is 1. The second-order valence-electron chi connectivity index (χ2n) is 4.65. The van der Waals surface area contributed by atoms with E-state index in [9.17, 15) is 4.79 Å². The molecule has 2 aromatic rings. The van der Waals surface area contributed by atoms with E-state index in [0.29, 0.717) is 36.0 Å². The highest BCUT2D eigenvalue weighted by Crippen LogP contribution is 2.29. The van der Waals surface area contributed by atoms with Gasteiger partial charge in [-0.05, 0) is 45.0 Å². The first kappa shape index (κ1) is 15.1. The minimum Gasteiger partial charge on any atom is -0.490 e. The Balaban J connectivity index is 2.37. The minimum absolute atomic E-state index is 0.0814. The summed E-state index contributed by atoms with van der Waals surface area (Å²) < 4.78 is 12.6. The van der Waals surface area contributed by atoms with Gasteiger partial charge in [-0.25, -0.2) is 0 Å². The van der Waals surface area contributed by atoms with Gasteiger partial charge in [0.05, 0.1) is 18.9 Å². The lowest BCUT2D eigenvalue weighted by molar-refractivity contribution is 0.102. The highest BCUT2D eigenvalue weighted by Gasteiger charge is 2.16. The van der Waals surface area contributed by atoms with Crippen LogP contribution in [0.2, 0.25) is 0 Å². The van der Waals surface area contributed by atoms with Crippen LogP contribution in [0.5, 0.6) is 11.5 Å². The Bertz CT molecular complexity index is 647. The van der Waals surface area contributed by atoms with Crippen LogP contribution in [0.25, 0.3) is 0 Å². The lowest BCUT2D eigenvalue weighted by Crippen LogP contribution is -2.09. The molecule has 0 saturated carbocycles. The van der Waals surface area contributed by atoms with E-state index in [1.54, 1.807) is 36.0 Å². The third kappa shape index (κ3) is 3.24. The standard InChI is InChI=1S/C16H20N2O3/c1-5-20-14-8-7-12(10-15(14)21-6-2)16(19)13-9-11(3)17-18(13)4/h7-10H,5-6H2,1-4H3. The molecule has 0 saturated heterocycles. The first-order chi connectivity index (χ1) is 10.1. The molecule has 1 aromatic heterocycles. The molecule has 0 atom stereocenters. The van der Waals surface area contributed by atoms with Crippen LogP contribution in [0.4, 0.5) is 0 Å². The predicted octanol–water partition coefficient (Wildman–Crippen LogP) is 2.76. The summed E-state index contributed by atoms with van der Waals surface area (Å²) in [6, 6.07) is 7.02. The van der Waals surface area contributed by atoms with Crippen molar-refractivity contribution in [3.63, 3.8) is 0 Å². The molecule has 0 aliphatic rings. The van der Waals surface area contributed by atoms with Gasteiger partial charge in [0, 0.05) is 12.6 Å². The Kier molecular flexibility index (Phi) is 4.62. The maximum Gasteiger partial charge on any atom is 0.211 e. The zero-order valence-corrected chi connectivity index (χ0v) is 12.8. The molecule has 0 spiro atoms. The Hall–Kier alpha value is -2.30. The normalized spacial score (nSPS) is 10.5. The van der Waals surface area contributed by atoms with Crippen molar-refractivity contribution in [3.05, 3.63) is 41.2 Å². The number of aryl methyl sites for hydroxylation is 2. The number of aromatic nitrogens is 2. The van der Waals surface area contributed by atoms with Gasteiger partial charge in [-0.1, -0.05) is 0 Å². The van der Waals surface area contributed by atoms with Crippen molar-refractivity contribution in [1.82, 2.24) is 9.78 Å². The summed E-state index contributed by atoms with van der Waals surface area (Å²) in [4.78, 5) is 12.5. The number of carbonyl (C=O) groups excluding carboxylic acids is 1. The van der Waals surface area contributed by atoms with Crippen molar-refractivity contribution >= 4 is 5.78 Å². The maximum atomic E-state index is 12.5. The van der Waals surface area contributed by atoms with E-state index >= 15 is 0 Å². The lowest BCUT2D eigenvalue weighted by Gasteiger charge is -2.12. The fraction of sp³-hybridized carbons (Fsp3) is 0.375. The summed E-state index contributed by atoms with van der Waals surface area (Å²) in [6.45, 7) is 6.74. The van der Waals surface area contributed by atoms with Crippen LogP contribution in [-0.2, 0) is 7.05 Å². The summed E-state index contributed by atoms with van der Waals surface area (Å²) in [5.41, 5.74) is 1.93. The molecular weight excluding hydrogens is 268 g/mol. The molecule has 1 heterocycles. The highest BCUT2D eigenvalue weighted by molar-refractivity contribution is 6.08. The summed E-state index contributed by atoms with van der Waals surface area (Å²) in [5.74, 6) is 1.16. The fourth-order valence-corrected chi connectivity index (χ4v) is 2.16. The van der Waals surface area contributed by atoms with Crippen LogP contribution in [-0.4, -0.2) is 28.8 Å². The Morgan fingerprint density at radius 2 is 1.81 bits per heavy atom. The van der Waals surface area contributed by atoms with Crippen molar-refractivity contribution in [2.24, 2.45) is 7.05 Å². The van der Waals surface area contributed by atoms with E-state index in [0.717, 1.165) is 5.69 Å². The molecule has 0 radical (unpaired) electrons. The van der Waals surface area contributed by atoms with Gasteiger partial charge in [0.2, 0.25) is 5.78 Å². The van der Waals surface area contributed by atoms with E-state index < -0.39 is 0 Å². The quantitative estimate of drug-likeness (QED) is 0.767. The third-order valence-electron chi connectivity index (χ3n) is 3.04. The van der Waals surface area contributed by atoms with Gasteiger partial charge in [-0.3, -0.25) is 9.48 Å². The largest absolute Gasteiger partial charge is 0.490 e. The zero-order chi connectivity index (χ0) is 15.4.